The summed E-state index contributed by atoms with van der Waals surface area (Å²) in [5.74, 6) is 0. The molecule has 0 fully saturated rings. The van der Waals surface area contributed by atoms with Crippen LogP contribution in [0, 0.1) is 0 Å². The summed E-state index contributed by atoms with van der Waals surface area (Å²) in [6.45, 7) is 0. The van der Waals surface area contributed by atoms with Crippen LogP contribution in [0.1, 0.15) is 0 Å². The summed E-state index contributed by atoms with van der Waals surface area (Å²) in [5.41, 5.74) is 0. The Morgan fingerprint density at radius 1 is 1.00 bits per heavy atom. The summed E-state index contributed by atoms with van der Waals surface area (Å²) >= 11 is 0. The van der Waals surface area contributed by atoms with Crippen molar-refractivity contribution in [2.45, 2.75) is 0 Å². The van der Waals surface area contributed by atoms with Gasteiger partial charge in [0.05, 0.1) is 0 Å². The van der Waals surface area contributed by atoms with E-state index in [2.05, 4.69) is 0 Å². The van der Waals surface area contributed by atoms with E-state index in [1.165, 1.54) is 0 Å². The minimum absolute atomic E-state index is 0. The molecule has 0 spiro atoms. The minimum Gasteiger partial charge on any atom is 0 e. The van der Waals surface area contributed by atoms with Crippen molar-refractivity contribution in [1.29, 1.82) is 0 Å². The van der Waals surface area contributed by atoms with Crippen molar-refractivity contribution in [2.75, 3.05) is 0 Å². The molecule has 0 saturated heterocycles. The quantitative estimate of drug-likeness (QED) is 0.536. The van der Waals surface area contributed by atoms with Crippen molar-refractivity contribution >= 4 is 0 Å². The molecule has 0 aromatic carbocycles. The van der Waals surface area contributed by atoms with E-state index in [4.69, 9.17) is 0 Å². The molecule has 0 aliphatic heterocycles. The molecule has 4 heavy (non-hydrogen) atoms. The summed E-state index contributed by atoms with van der Waals surface area (Å²) in [6.07, 6.45) is 0. The monoisotopic (exact) mass is 258 g/mol. The molecular formula is CrMnNbNi. The molecule has 0 atom stereocenters. The average Bonchev–Trinajstić information content (AvgIpc) is 0. The molecule has 0 heterocycles. The van der Waals surface area contributed by atoms with Crippen molar-refractivity contribution < 1.29 is 73.3 Å². The Morgan fingerprint density at radius 3 is 1.00 bits per heavy atom. The minimum atomic E-state index is 0. The van der Waals surface area contributed by atoms with E-state index in [1.807, 2.05) is 0 Å². The maximum atomic E-state index is 0. The molecule has 0 bridgehead atoms. The topological polar surface area (TPSA) is 0 Å². The number of rotatable bonds is 0. The standard InChI is InChI=1S/Cr.Mn.Nb.Ni. The second kappa shape index (κ2) is 18.6. The second-order valence-corrected chi connectivity index (χ2v) is 0. The molecule has 0 nitrogen and oxygen atoms in total. The molecule has 0 aromatic rings. The van der Waals surface area contributed by atoms with Gasteiger partial charge in [0.2, 0.25) is 0 Å². The smallest absolute Gasteiger partial charge is 0 e. The van der Waals surface area contributed by atoms with E-state index >= 15 is 0 Å². The van der Waals surface area contributed by atoms with Crippen LogP contribution in [0.15, 0.2) is 0 Å². The van der Waals surface area contributed by atoms with E-state index in [9.17, 15) is 0 Å². The van der Waals surface area contributed by atoms with Crippen molar-refractivity contribution in [3.05, 3.63) is 0 Å². The molecule has 0 aromatic heterocycles. The Balaban J connectivity index is 0. The van der Waals surface area contributed by atoms with Gasteiger partial charge in [-0.3, -0.25) is 0 Å². The largest absolute Gasteiger partial charge is 0 e. The summed E-state index contributed by atoms with van der Waals surface area (Å²) in [4.78, 5) is 0. The van der Waals surface area contributed by atoms with Gasteiger partial charge < -0.3 is 0 Å². The summed E-state index contributed by atoms with van der Waals surface area (Å²) < 4.78 is 0. The van der Waals surface area contributed by atoms with E-state index < -0.39 is 0 Å². The Morgan fingerprint density at radius 2 is 1.00 bits per heavy atom. The van der Waals surface area contributed by atoms with E-state index in [1.54, 1.807) is 0 Å². The van der Waals surface area contributed by atoms with E-state index in [-0.39, 0.29) is 73.3 Å². The van der Waals surface area contributed by atoms with Crippen LogP contribution in [-0.2, 0) is 73.3 Å². The zero-order chi connectivity index (χ0) is 0. The third-order valence-electron chi connectivity index (χ3n) is 0. The van der Waals surface area contributed by atoms with Crippen molar-refractivity contribution in [1.82, 2.24) is 0 Å². The van der Waals surface area contributed by atoms with Crippen LogP contribution >= 0.6 is 0 Å². The molecule has 0 unspecified atom stereocenters. The molecule has 28 valence electrons. The zero-order valence-corrected chi connectivity index (χ0v) is 7.19. The Kier molecular flexibility index (Phi) is 156. The van der Waals surface area contributed by atoms with Gasteiger partial charge in [-0.1, -0.05) is 0 Å². The zero-order valence-electron chi connectivity index (χ0n) is 1.55. The number of hydrogen-bond acceptors (Lipinski definition) is 0. The van der Waals surface area contributed by atoms with Gasteiger partial charge in [0, 0.05) is 73.3 Å². The third-order valence-corrected chi connectivity index (χ3v) is 0. The van der Waals surface area contributed by atoms with Crippen LogP contribution in [0.4, 0.5) is 0 Å². The van der Waals surface area contributed by atoms with Crippen molar-refractivity contribution in [3.8, 4) is 0 Å². The maximum absolute atomic E-state index is 0. The van der Waals surface area contributed by atoms with Crippen LogP contribution < -0.4 is 0 Å². The summed E-state index contributed by atoms with van der Waals surface area (Å²) in [6, 6.07) is 0. The predicted molar refractivity (Wildman–Crippen MR) is 0 cm³/mol. The van der Waals surface area contributed by atoms with Gasteiger partial charge in [-0.25, -0.2) is 0 Å². The molecular weight excluding hydrogens is 259 g/mol. The first kappa shape index (κ1) is 33.6. The summed E-state index contributed by atoms with van der Waals surface area (Å²) in [5, 5.41) is 0. The fraction of sp³-hybridized carbons (Fsp3) is 0. The van der Waals surface area contributed by atoms with Crippen LogP contribution in [0.2, 0.25) is 0 Å². The molecule has 0 rings (SSSR count). The Labute approximate surface area is 72.5 Å². The molecule has 0 saturated carbocycles. The summed E-state index contributed by atoms with van der Waals surface area (Å²) in [7, 11) is 0. The molecule has 0 aliphatic rings. The van der Waals surface area contributed by atoms with Crippen LogP contribution in [0.5, 0.6) is 0 Å². The molecule has 2 radical (unpaired) electrons. The first-order chi connectivity index (χ1) is 0. The first-order valence-electron chi connectivity index (χ1n) is 0. The average molecular weight is 259 g/mol. The van der Waals surface area contributed by atoms with Gasteiger partial charge in [0.15, 0.2) is 0 Å². The van der Waals surface area contributed by atoms with Crippen molar-refractivity contribution in [3.63, 3.8) is 0 Å². The van der Waals surface area contributed by atoms with Gasteiger partial charge in [-0.15, -0.1) is 0 Å². The van der Waals surface area contributed by atoms with Gasteiger partial charge in [-0.05, 0) is 0 Å². The van der Waals surface area contributed by atoms with Gasteiger partial charge in [0.1, 0.15) is 0 Å². The van der Waals surface area contributed by atoms with Crippen molar-refractivity contribution in [2.24, 2.45) is 0 Å². The normalized spacial score (nSPS) is 0. The first-order valence-corrected chi connectivity index (χ1v) is 0. The van der Waals surface area contributed by atoms with E-state index in [0.29, 0.717) is 0 Å². The Bertz CT molecular complexity index is 8.00. The molecule has 0 amide bonds. The predicted octanol–water partition coefficient (Wildman–Crippen LogP) is -0.0100. The fourth-order valence-electron chi connectivity index (χ4n) is 0. The number of hydrogen-bond donors (Lipinski definition) is 0. The van der Waals surface area contributed by atoms with Gasteiger partial charge in [-0.2, -0.15) is 0 Å². The van der Waals surface area contributed by atoms with Crippen LogP contribution in [0.3, 0.4) is 0 Å². The molecule has 0 N–H and O–H groups in total. The Hall–Kier alpha value is 2.29. The third kappa shape index (κ3) is 8.86. The molecule has 4 heteroatoms. The SMILES string of the molecule is [Cr].[Mn].[Nb].[Ni]. The van der Waals surface area contributed by atoms with Crippen LogP contribution in [-0.4, -0.2) is 0 Å². The van der Waals surface area contributed by atoms with Gasteiger partial charge in [0.25, 0.3) is 0 Å². The second-order valence-electron chi connectivity index (χ2n) is 0. The van der Waals surface area contributed by atoms with E-state index in [0.717, 1.165) is 0 Å². The molecule has 0 aliphatic carbocycles. The van der Waals surface area contributed by atoms with Gasteiger partial charge >= 0.3 is 0 Å². The maximum Gasteiger partial charge on any atom is 0 e. The van der Waals surface area contributed by atoms with Crippen LogP contribution in [0.25, 0.3) is 0 Å². The fourth-order valence-corrected chi connectivity index (χ4v) is 0.